The van der Waals surface area contributed by atoms with Crippen LogP contribution in [0, 0.1) is 6.92 Å². The summed E-state index contributed by atoms with van der Waals surface area (Å²) in [5.41, 5.74) is 0.758. The molecule has 0 radical (unpaired) electrons. The number of nitrogens with zero attached hydrogens (tertiary/aromatic N) is 2. The number of benzene rings is 3. The predicted molar refractivity (Wildman–Crippen MR) is 138 cm³/mol. The zero-order valence-electron chi connectivity index (χ0n) is 20.5. The quantitative estimate of drug-likeness (QED) is 0.233. The van der Waals surface area contributed by atoms with Crippen LogP contribution in [0.5, 0.6) is 17.4 Å². The third-order valence-corrected chi connectivity index (χ3v) is 5.41. The molecule has 0 aliphatic carbocycles. The first-order valence-corrected chi connectivity index (χ1v) is 11.4. The van der Waals surface area contributed by atoms with Crippen molar-refractivity contribution in [2.75, 3.05) is 23.1 Å². The second-order valence-electron chi connectivity index (χ2n) is 8.18. The minimum atomic E-state index is -4.51. The van der Waals surface area contributed by atoms with Gasteiger partial charge in [0, 0.05) is 24.0 Å². The van der Waals surface area contributed by atoms with Crippen molar-refractivity contribution >= 4 is 23.2 Å². The summed E-state index contributed by atoms with van der Waals surface area (Å²) in [5.74, 6) is 2.13. The van der Waals surface area contributed by atoms with Gasteiger partial charge in [0.2, 0.25) is 5.88 Å². The lowest BCUT2D eigenvalue weighted by Crippen LogP contribution is -2.20. The second kappa shape index (κ2) is 11.5. The Morgan fingerprint density at radius 2 is 1.53 bits per heavy atom. The van der Waals surface area contributed by atoms with Gasteiger partial charge >= 0.3 is 12.2 Å². The Balaban J connectivity index is 1.31. The summed E-state index contributed by atoms with van der Waals surface area (Å²) >= 11 is 0. The molecule has 0 fully saturated rings. The third-order valence-electron chi connectivity index (χ3n) is 5.41. The van der Waals surface area contributed by atoms with E-state index < -0.39 is 17.8 Å². The van der Waals surface area contributed by atoms with Crippen molar-refractivity contribution < 1.29 is 27.4 Å². The summed E-state index contributed by atoms with van der Waals surface area (Å²) in [4.78, 5) is 20.6. The number of alkyl halides is 3. The molecule has 0 saturated carbocycles. The number of aromatic nitrogens is 2. The highest BCUT2D eigenvalue weighted by Gasteiger charge is 2.32. The van der Waals surface area contributed by atoms with Crippen LogP contribution in [0.25, 0.3) is 0 Å². The zero-order valence-corrected chi connectivity index (χ0v) is 20.5. The number of urea groups is 1. The Kier molecular flexibility index (Phi) is 7.95. The topological polar surface area (TPSA) is 97.4 Å². The van der Waals surface area contributed by atoms with Crippen molar-refractivity contribution in [2.45, 2.75) is 19.6 Å². The molecule has 0 atom stereocenters. The predicted octanol–water partition coefficient (Wildman–Crippen LogP) is 6.86. The summed E-state index contributed by atoms with van der Waals surface area (Å²) in [6.45, 7) is 1.90. The minimum Gasteiger partial charge on any atom is -0.497 e. The summed E-state index contributed by atoms with van der Waals surface area (Å²) < 4.78 is 50.2. The van der Waals surface area contributed by atoms with Gasteiger partial charge in [-0.15, -0.1) is 0 Å². The number of anilines is 3. The van der Waals surface area contributed by atoms with E-state index >= 15 is 0 Å². The molecule has 11 heteroatoms. The number of halogens is 3. The molecular formula is C27H24F3N5O3. The molecule has 0 saturated heterocycles. The molecule has 3 aromatic carbocycles. The van der Waals surface area contributed by atoms with Crippen LogP contribution < -0.4 is 25.4 Å². The van der Waals surface area contributed by atoms with E-state index in [4.69, 9.17) is 9.47 Å². The number of hydrogen-bond donors (Lipinski definition) is 3. The third kappa shape index (κ3) is 7.12. The van der Waals surface area contributed by atoms with Gasteiger partial charge in [-0.2, -0.15) is 13.2 Å². The average molecular weight is 524 g/mol. The highest BCUT2D eigenvalue weighted by molar-refractivity contribution is 5.99. The summed E-state index contributed by atoms with van der Waals surface area (Å²) in [6, 6.07) is 18.6. The van der Waals surface area contributed by atoms with Gasteiger partial charge in [0.1, 0.15) is 23.6 Å². The average Bonchev–Trinajstić information content (AvgIpc) is 2.89. The molecule has 4 rings (SSSR count). The first-order chi connectivity index (χ1) is 18.2. The fourth-order valence-corrected chi connectivity index (χ4v) is 3.45. The summed E-state index contributed by atoms with van der Waals surface area (Å²) in [6.07, 6.45) is -3.13. The van der Waals surface area contributed by atoms with E-state index in [1.807, 2.05) is 24.3 Å². The van der Waals surface area contributed by atoms with Gasteiger partial charge in [0.25, 0.3) is 0 Å². The van der Waals surface area contributed by atoms with Crippen molar-refractivity contribution in [3.8, 4) is 17.4 Å². The van der Waals surface area contributed by atoms with E-state index in [1.54, 1.807) is 37.4 Å². The van der Waals surface area contributed by atoms with Crippen molar-refractivity contribution in [3.63, 3.8) is 0 Å². The van der Waals surface area contributed by atoms with Gasteiger partial charge in [-0.1, -0.05) is 18.2 Å². The van der Waals surface area contributed by atoms with Crippen LogP contribution in [0.1, 0.15) is 16.7 Å². The van der Waals surface area contributed by atoms with Crippen LogP contribution >= 0.6 is 0 Å². The fourth-order valence-electron chi connectivity index (χ4n) is 3.45. The minimum absolute atomic E-state index is 0.0283. The molecule has 0 aliphatic rings. The SMILES string of the molecule is COc1ccc(CNc2cc(Oc3ccc(NC(=O)Nc4ccc(C)c(C(F)(F)F)c4)cc3)ncn2)cc1. The van der Waals surface area contributed by atoms with Gasteiger partial charge < -0.3 is 25.4 Å². The van der Waals surface area contributed by atoms with Gasteiger partial charge in [0.15, 0.2) is 0 Å². The van der Waals surface area contributed by atoms with E-state index in [-0.39, 0.29) is 11.3 Å². The molecule has 38 heavy (non-hydrogen) atoms. The number of aryl methyl sites for hydroxylation is 1. The standard InChI is InChI=1S/C27H24F3N5O3/c1-17-3-6-20(13-23(17)27(28,29)30)35-26(36)34-19-7-11-22(12-8-19)38-25-14-24(32-16-33-25)31-15-18-4-9-21(37-2)10-5-18/h3-14,16H,15H2,1-2H3,(H,31,32,33)(H2,34,35,36). The molecule has 4 aromatic rings. The van der Waals surface area contributed by atoms with Gasteiger partial charge in [-0.25, -0.2) is 14.8 Å². The van der Waals surface area contributed by atoms with E-state index in [0.29, 0.717) is 29.7 Å². The fraction of sp³-hybridized carbons (Fsp3) is 0.148. The number of carbonyl (C=O) groups is 1. The molecule has 0 spiro atoms. The maximum Gasteiger partial charge on any atom is 0.416 e. The maximum atomic E-state index is 13.1. The molecule has 2 amide bonds. The second-order valence-corrected chi connectivity index (χ2v) is 8.18. The highest BCUT2D eigenvalue weighted by atomic mass is 19.4. The number of nitrogens with one attached hydrogen (secondary N) is 3. The number of rotatable bonds is 8. The Labute approximate surface area is 216 Å². The lowest BCUT2D eigenvalue weighted by Gasteiger charge is -2.13. The molecule has 0 bridgehead atoms. The van der Waals surface area contributed by atoms with Crippen LogP contribution in [-0.4, -0.2) is 23.1 Å². The zero-order chi connectivity index (χ0) is 27.1. The van der Waals surface area contributed by atoms with Crippen LogP contribution in [-0.2, 0) is 12.7 Å². The Hall–Kier alpha value is -4.80. The normalized spacial score (nSPS) is 11.0. The largest absolute Gasteiger partial charge is 0.497 e. The summed E-state index contributed by atoms with van der Waals surface area (Å²) in [5, 5.41) is 8.18. The van der Waals surface area contributed by atoms with Crippen molar-refractivity contribution in [2.24, 2.45) is 0 Å². The van der Waals surface area contributed by atoms with Crippen LogP contribution in [0.3, 0.4) is 0 Å². The molecule has 0 unspecified atom stereocenters. The van der Waals surface area contributed by atoms with E-state index in [1.165, 1.54) is 25.4 Å². The van der Waals surface area contributed by atoms with Crippen molar-refractivity contribution in [3.05, 3.63) is 95.8 Å². The smallest absolute Gasteiger partial charge is 0.416 e. The van der Waals surface area contributed by atoms with Crippen LogP contribution in [0.2, 0.25) is 0 Å². The maximum absolute atomic E-state index is 13.1. The van der Waals surface area contributed by atoms with Crippen LogP contribution in [0.4, 0.5) is 35.2 Å². The first kappa shape index (κ1) is 26.3. The number of hydrogen-bond acceptors (Lipinski definition) is 6. The molecule has 3 N–H and O–H groups in total. The van der Waals surface area contributed by atoms with E-state index in [2.05, 4.69) is 25.9 Å². The number of carbonyl (C=O) groups excluding carboxylic acids is 1. The van der Waals surface area contributed by atoms with Crippen LogP contribution in [0.15, 0.2) is 79.1 Å². The van der Waals surface area contributed by atoms with Crippen molar-refractivity contribution in [1.82, 2.24) is 9.97 Å². The Bertz CT molecular complexity index is 1390. The molecule has 1 heterocycles. The lowest BCUT2D eigenvalue weighted by atomic mass is 10.1. The molecule has 1 aromatic heterocycles. The number of ether oxygens (including phenoxy) is 2. The molecule has 8 nitrogen and oxygen atoms in total. The molecule has 0 aliphatic heterocycles. The molecule has 196 valence electrons. The Morgan fingerprint density at radius 3 is 2.21 bits per heavy atom. The lowest BCUT2D eigenvalue weighted by molar-refractivity contribution is -0.138. The van der Waals surface area contributed by atoms with Crippen molar-refractivity contribution in [1.29, 1.82) is 0 Å². The Morgan fingerprint density at radius 1 is 0.868 bits per heavy atom. The first-order valence-electron chi connectivity index (χ1n) is 11.4. The van der Waals surface area contributed by atoms with E-state index in [9.17, 15) is 18.0 Å². The monoisotopic (exact) mass is 523 g/mol. The summed E-state index contributed by atoms with van der Waals surface area (Å²) in [7, 11) is 1.61. The molecular weight excluding hydrogens is 499 g/mol. The number of methoxy groups -OCH3 is 1. The van der Waals surface area contributed by atoms with Gasteiger partial charge in [-0.3, -0.25) is 0 Å². The van der Waals surface area contributed by atoms with Gasteiger partial charge in [-0.05, 0) is 66.6 Å². The highest BCUT2D eigenvalue weighted by Crippen LogP contribution is 2.33. The van der Waals surface area contributed by atoms with Gasteiger partial charge in [0.05, 0.1) is 12.7 Å². The number of amides is 2. The van der Waals surface area contributed by atoms with E-state index in [0.717, 1.165) is 17.4 Å².